The number of hydrogen-bond acceptors (Lipinski definition) is 5. The molecule has 1 aromatic heterocycles. The predicted molar refractivity (Wildman–Crippen MR) is 92.4 cm³/mol. The molecule has 2 heterocycles. The van der Waals surface area contributed by atoms with Gasteiger partial charge in [0.2, 0.25) is 5.13 Å². The van der Waals surface area contributed by atoms with Crippen molar-refractivity contribution in [3.8, 4) is 0 Å². The number of fused-ring (bicyclic) bond motifs is 1. The summed E-state index contributed by atoms with van der Waals surface area (Å²) in [5.41, 5.74) is 2.28. The second-order valence-corrected chi connectivity index (χ2v) is 6.12. The number of para-hydroxylation sites is 1. The van der Waals surface area contributed by atoms with Gasteiger partial charge in [0.1, 0.15) is 5.92 Å². The number of amides is 1. The molecule has 5 nitrogen and oxygen atoms in total. The molecule has 4 rings (SSSR count). The molecule has 0 unspecified atom stereocenters. The third-order valence-corrected chi connectivity index (χ3v) is 4.69. The summed E-state index contributed by atoms with van der Waals surface area (Å²) >= 11 is 1.42. The van der Waals surface area contributed by atoms with Crippen LogP contribution < -0.4 is 5.01 Å². The Kier molecular flexibility index (Phi) is 3.24. The van der Waals surface area contributed by atoms with E-state index in [1.807, 2.05) is 54.6 Å². The number of carbonyl (C=O) groups is 1. The molecule has 1 aliphatic heterocycles. The Morgan fingerprint density at radius 1 is 1.09 bits per heavy atom. The van der Waals surface area contributed by atoms with Crippen LogP contribution in [0.5, 0.6) is 0 Å². The number of hydrazone groups is 1. The minimum atomic E-state index is -0.663. The highest BCUT2D eigenvalue weighted by atomic mass is 32.1. The molecule has 2 aromatic carbocycles. The van der Waals surface area contributed by atoms with E-state index in [4.69, 9.17) is 5.41 Å². The molecule has 0 aliphatic carbocycles. The molecule has 1 aliphatic rings. The van der Waals surface area contributed by atoms with Crippen molar-refractivity contribution < 1.29 is 4.79 Å². The van der Waals surface area contributed by atoms with Gasteiger partial charge in [-0.1, -0.05) is 53.8 Å². The van der Waals surface area contributed by atoms with Crippen LogP contribution in [0.1, 0.15) is 5.56 Å². The molecule has 0 spiro atoms. The van der Waals surface area contributed by atoms with Gasteiger partial charge in [-0.15, -0.1) is 0 Å². The predicted octanol–water partition coefficient (Wildman–Crippen LogP) is 3.31. The Bertz CT molecular complexity index is 899. The number of nitrogens with zero attached hydrogens (tertiary/aromatic N) is 3. The number of anilines is 1. The van der Waals surface area contributed by atoms with Gasteiger partial charge in [-0.3, -0.25) is 4.79 Å². The van der Waals surface area contributed by atoms with Gasteiger partial charge in [0.05, 0.1) is 15.9 Å². The Morgan fingerprint density at radius 2 is 1.83 bits per heavy atom. The molecule has 6 heteroatoms. The van der Waals surface area contributed by atoms with Gasteiger partial charge in [-0.25, -0.2) is 4.98 Å². The van der Waals surface area contributed by atoms with Crippen molar-refractivity contribution in [1.82, 2.24) is 4.98 Å². The lowest BCUT2D eigenvalue weighted by Crippen LogP contribution is -2.28. The molecule has 1 atom stereocenters. The van der Waals surface area contributed by atoms with Crippen molar-refractivity contribution in [3.63, 3.8) is 0 Å². The Morgan fingerprint density at radius 3 is 2.57 bits per heavy atom. The molecule has 0 saturated carbocycles. The summed E-state index contributed by atoms with van der Waals surface area (Å²) in [6.45, 7) is 0. The lowest BCUT2D eigenvalue weighted by molar-refractivity contribution is -0.118. The topological polar surface area (TPSA) is 69.4 Å². The van der Waals surface area contributed by atoms with E-state index in [0.29, 0.717) is 10.8 Å². The highest BCUT2D eigenvalue weighted by Gasteiger charge is 2.37. The molecule has 3 aromatic rings. The normalized spacial score (nSPS) is 17.6. The largest absolute Gasteiger partial charge is 0.312 e. The van der Waals surface area contributed by atoms with E-state index in [0.717, 1.165) is 22.0 Å². The van der Waals surface area contributed by atoms with E-state index in [2.05, 4.69) is 10.1 Å². The second kappa shape index (κ2) is 5.40. The van der Waals surface area contributed by atoms with Gasteiger partial charge in [-0.2, -0.15) is 10.1 Å². The van der Waals surface area contributed by atoms with E-state index in [1.54, 1.807) is 0 Å². The van der Waals surface area contributed by atoms with Crippen molar-refractivity contribution >= 4 is 44.5 Å². The molecule has 112 valence electrons. The molecular formula is C17H12N4OS. The zero-order valence-corrected chi connectivity index (χ0v) is 12.8. The van der Waals surface area contributed by atoms with Crippen molar-refractivity contribution in [1.29, 1.82) is 5.41 Å². The monoisotopic (exact) mass is 320 g/mol. The molecule has 0 radical (unpaired) electrons. The standard InChI is InChI=1S/C17H12N4OS/c18-10-12-15(11-6-2-1-3-7-11)20-21(16(12)22)17-19-13-8-4-5-9-14(13)23-17/h1-10,12,18H/t12-/m1/s1. The summed E-state index contributed by atoms with van der Waals surface area (Å²) in [6, 6.07) is 17.2. The molecule has 23 heavy (non-hydrogen) atoms. The van der Waals surface area contributed by atoms with Crippen LogP contribution in [-0.2, 0) is 4.79 Å². The zero-order valence-electron chi connectivity index (χ0n) is 12.0. The number of benzene rings is 2. The maximum absolute atomic E-state index is 12.6. The first-order valence-electron chi connectivity index (χ1n) is 7.12. The lowest BCUT2D eigenvalue weighted by atomic mass is 9.98. The van der Waals surface area contributed by atoms with Crippen molar-refractivity contribution in [3.05, 3.63) is 60.2 Å². The summed E-state index contributed by atoms with van der Waals surface area (Å²) in [4.78, 5) is 17.1. The molecule has 1 amide bonds. The van der Waals surface area contributed by atoms with Gasteiger partial charge < -0.3 is 5.41 Å². The number of hydrogen-bond donors (Lipinski definition) is 1. The number of thiazole rings is 1. The average molecular weight is 320 g/mol. The molecule has 1 N–H and O–H groups in total. The summed E-state index contributed by atoms with van der Waals surface area (Å²) in [6.07, 6.45) is 1.14. The van der Waals surface area contributed by atoms with Crippen LogP contribution >= 0.6 is 11.3 Å². The van der Waals surface area contributed by atoms with E-state index < -0.39 is 5.92 Å². The lowest BCUT2D eigenvalue weighted by Gasteiger charge is -2.07. The van der Waals surface area contributed by atoms with E-state index >= 15 is 0 Å². The third-order valence-electron chi connectivity index (χ3n) is 3.68. The molecule has 0 saturated heterocycles. The first kappa shape index (κ1) is 13.8. The van der Waals surface area contributed by atoms with Gasteiger partial charge in [0.25, 0.3) is 5.91 Å². The van der Waals surface area contributed by atoms with Crippen LogP contribution in [0, 0.1) is 11.3 Å². The summed E-state index contributed by atoms with van der Waals surface area (Å²) in [5.74, 6) is -0.901. The SMILES string of the molecule is N=C[C@H]1C(=O)N(c2nc3ccccc3s2)N=C1c1ccccc1. The van der Waals surface area contributed by atoms with Crippen LogP contribution in [0.15, 0.2) is 59.7 Å². The van der Waals surface area contributed by atoms with Crippen molar-refractivity contribution in [2.24, 2.45) is 11.0 Å². The average Bonchev–Trinajstić information content (AvgIpc) is 3.16. The fourth-order valence-corrected chi connectivity index (χ4v) is 3.47. The fraction of sp³-hybridized carbons (Fsp3) is 0.0588. The van der Waals surface area contributed by atoms with Gasteiger partial charge in [0.15, 0.2) is 0 Å². The van der Waals surface area contributed by atoms with Gasteiger partial charge in [0, 0.05) is 6.21 Å². The first-order valence-corrected chi connectivity index (χ1v) is 7.93. The second-order valence-electron chi connectivity index (χ2n) is 5.11. The third kappa shape index (κ3) is 2.24. The Hall–Kier alpha value is -2.86. The molecular weight excluding hydrogens is 308 g/mol. The van der Waals surface area contributed by atoms with Crippen LogP contribution in [0.3, 0.4) is 0 Å². The first-order chi connectivity index (χ1) is 11.3. The summed E-state index contributed by atoms with van der Waals surface area (Å²) < 4.78 is 1.00. The Labute approximate surface area is 136 Å². The van der Waals surface area contributed by atoms with Crippen LogP contribution in [0.4, 0.5) is 5.13 Å². The smallest absolute Gasteiger partial charge is 0.264 e. The van der Waals surface area contributed by atoms with Crippen LogP contribution in [0.25, 0.3) is 10.2 Å². The van der Waals surface area contributed by atoms with Gasteiger partial charge >= 0.3 is 0 Å². The maximum Gasteiger partial charge on any atom is 0.264 e. The number of nitrogens with one attached hydrogen (secondary N) is 1. The molecule has 0 bridgehead atoms. The highest BCUT2D eigenvalue weighted by Crippen LogP contribution is 2.32. The zero-order chi connectivity index (χ0) is 15.8. The van der Waals surface area contributed by atoms with E-state index in [-0.39, 0.29) is 5.91 Å². The fourth-order valence-electron chi connectivity index (χ4n) is 2.55. The maximum atomic E-state index is 12.6. The highest BCUT2D eigenvalue weighted by molar-refractivity contribution is 7.22. The minimum Gasteiger partial charge on any atom is -0.312 e. The quantitative estimate of drug-likeness (QED) is 0.752. The van der Waals surface area contributed by atoms with Crippen molar-refractivity contribution in [2.75, 3.05) is 5.01 Å². The summed E-state index contributed by atoms with van der Waals surface area (Å²) in [7, 11) is 0. The number of carbonyl (C=O) groups excluding carboxylic acids is 1. The van der Waals surface area contributed by atoms with Crippen LogP contribution in [0.2, 0.25) is 0 Å². The van der Waals surface area contributed by atoms with E-state index in [9.17, 15) is 4.79 Å². The molecule has 0 fully saturated rings. The number of aromatic nitrogens is 1. The summed E-state index contributed by atoms with van der Waals surface area (Å²) in [5, 5.41) is 13.9. The van der Waals surface area contributed by atoms with Crippen LogP contribution in [-0.4, -0.2) is 22.8 Å². The minimum absolute atomic E-state index is 0.238. The van der Waals surface area contributed by atoms with E-state index in [1.165, 1.54) is 16.3 Å². The Balaban J connectivity index is 1.80. The number of rotatable bonds is 3. The van der Waals surface area contributed by atoms with Gasteiger partial charge in [-0.05, 0) is 17.7 Å². The van der Waals surface area contributed by atoms with Crippen molar-refractivity contribution in [2.45, 2.75) is 0 Å².